The minimum atomic E-state index is -0.0240. The van der Waals surface area contributed by atoms with Crippen LogP contribution in [0.1, 0.15) is 31.7 Å². The van der Waals surface area contributed by atoms with Crippen LogP contribution < -0.4 is 15.8 Å². The zero-order chi connectivity index (χ0) is 14.4. The van der Waals surface area contributed by atoms with Crippen molar-refractivity contribution < 1.29 is 14.3 Å². The van der Waals surface area contributed by atoms with E-state index >= 15 is 0 Å². The third-order valence-electron chi connectivity index (χ3n) is 3.30. The summed E-state index contributed by atoms with van der Waals surface area (Å²) < 4.78 is 10.9. The van der Waals surface area contributed by atoms with Crippen molar-refractivity contribution in [2.45, 2.75) is 38.8 Å². The Morgan fingerprint density at radius 3 is 3.05 bits per heavy atom. The van der Waals surface area contributed by atoms with Crippen molar-refractivity contribution in [2.24, 2.45) is 5.73 Å². The van der Waals surface area contributed by atoms with E-state index in [4.69, 9.17) is 15.2 Å². The Balaban J connectivity index is 1.96. The second-order valence-electron chi connectivity index (χ2n) is 4.85. The third kappa shape index (κ3) is 3.95. The lowest BCUT2D eigenvalue weighted by Gasteiger charge is -2.13. The summed E-state index contributed by atoms with van der Waals surface area (Å²) in [5.41, 5.74) is 7.34. The summed E-state index contributed by atoms with van der Waals surface area (Å²) in [5.74, 6) is 0.746. The summed E-state index contributed by atoms with van der Waals surface area (Å²) in [5, 5.41) is 2.88. The van der Waals surface area contributed by atoms with Gasteiger partial charge < -0.3 is 20.5 Å². The highest BCUT2D eigenvalue weighted by Crippen LogP contribution is 2.23. The van der Waals surface area contributed by atoms with Gasteiger partial charge in [0.1, 0.15) is 5.75 Å². The van der Waals surface area contributed by atoms with Crippen molar-refractivity contribution >= 4 is 11.6 Å². The summed E-state index contributed by atoms with van der Waals surface area (Å²) in [4.78, 5) is 11.9. The van der Waals surface area contributed by atoms with E-state index in [2.05, 4.69) is 5.32 Å². The van der Waals surface area contributed by atoms with E-state index in [-0.39, 0.29) is 12.0 Å². The van der Waals surface area contributed by atoms with Crippen LogP contribution in [0, 0.1) is 0 Å². The number of carbonyl (C=O) groups excluding carboxylic acids is 1. The lowest BCUT2D eigenvalue weighted by atomic mass is 10.1. The molecule has 0 radical (unpaired) electrons. The number of carbonyl (C=O) groups is 1. The molecule has 1 atom stereocenters. The van der Waals surface area contributed by atoms with Gasteiger partial charge in [0.05, 0.1) is 19.1 Å². The molecule has 2 rings (SSSR count). The van der Waals surface area contributed by atoms with Gasteiger partial charge in [0.2, 0.25) is 5.91 Å². The summed E-state index contributed by atoms with van der Waals surface area (Å²) in [6.07, 6.45) is 2.47. The highest BCUT2D eigenvalue weighted by molar-refractivity contribution is 5.91. The maximum atomic E-state index is 11.9. The van der Waals surface area contributed by atoms with Crippen LogP contribution in [0.15, 0.2) is 18.2 Å². The van der Waals surface area contributed by atoms with Crippen LogP contribution in [0.2, 0.25) is 0 Å². The summed E-state index contributed by atoms with van der Waals surface area (Å²) in [6, 6.07) is 5.53. The maximum Gasteiger partial charge on any atom is 0.226 e. The SMILES string of the molecule is CCOc1ccc(NC(=O)CC2CCCO2)cc1CN. The molecular formula is C15H22N2O3. The van der Waals surface area contributed by atoms with Crippen molar-refractivity contribution in [3.8, 4) is 5.75 Å². The Morgan fingerprint density at radius 2 is 2.40 bits per heavy atom. The molecule has 5 nitrogen and oxygen atoms in total. The first-order chi connectivity index (χ1) is 9.72. The van der Waals surface area contributed by atoms with E-state index in [1.165, 1.54) is 0 Å². The van der Waals surface area contributed by atoms with Gasteiger partial charge in [-0.25, -0.2) is 0 Å². The molecular weight excluding hydrogens is 256 g/mol. The van der Waals surface area contributed by atoms with Crippen LogP contribution in [0.25, 0.3) is 0 Å². The predicted octanol–water partition coefficient (Wildman–Crippen LogP) is 2.05. The summed E-state index contributed by atoms with van der Waals surface area (Å²) in [7, 11) is 0. The van der Waals surface area contributed by atoms with Gasteiger partial charge in [-0.15, -0.1) is 0 Å². The number of rotatable bonds is 6. The molecule has 1 aliphatic rings. The molecule has 5 heteroatoms. The Morgan fingerprint density at radius 1 is 1.55 bits per heavy atom. The second kappa shape index (κ2) is 7.26. The number of ether oxygens (including phenoxy) is 2. The van der Waals surface area contributed by atoms with Crippen molar-refractivity contribution in [3.63, 3.8) is 0 Å². The van der Waals surface area contributed by atoms with Crippen molar-refractivity contribution in [1.29, 1.82) is 0 Å². The molecule has 0 spiro atoms. The molecule has 0 aliphatic carbocycles. The molecule has 1 aromatic rings. The van der Waals surface area contributed by atoms with Crippen LogP contribution in [0.5, 0.6) is 5.75 Å². The molecule has 1 amide bonds. The van der Waals surface area contributed by atoms with E-state index in [1.807, 2.05) is 25.1 Å². The molecule has 20 heavy (non-hydrogen) atoms. The van der Waals surface area contributed by atoms with E-state index in [0.717, 1.165) is 36.4 Å². The number of anilines is 1. The van der Waals surface area contributed by atoms with Crippen LogP contribution in [-0.2, 0) is 16.1 Å². The van der Waals surface area contributed by atoms with Gasteiger partial charge in [-0.1, -0.05) is 0 Å². The number of amides is 1. The quantitative estimate of drug-likeness (QED) is 0.835. The fraction of sp³-hybridized carbons (Fsp3) is 0.533. The van der Waals surface area contributed by atoms with E-state index < -0.39 is 0 Å². The summed E-state index contributed by atoms with van der Waals surface area (Å²) >= 11 is 0. The first-order valence-electron chi connectivity index (χ1n) is 7.10. The smallest absolute Gasteiger partial charge is 0.226 e. The monoisotopic (exact) mass is 278 g/mol. The largest absolute Gasteiger partial charge is 0.494 e. The van der Waals surface area contributed by atoms with Crippen LogP contribution >= 0.6 is 0 Å². The Hall–Kier alpha value is -1.59. The van der Waals surface area contributed by atoms with E-state index in [9.17, 15) is 4.79 Å². The number of nitrogens with two attached hydrogens (primary N) is 1. The van der Waals surface area contributed by atoms with Gasteiger partial charge in [0.15, 0.2) is 0 Å². The van der Waals surface area contributed by atoms with Crippen LogP contribution in [0.3, 0.4) is 0 Å². The third-order valence-corrected chi connectivity index (χ3v) is 3.30. The average molecular weight is 278 g/mol. The first kappa shape index (κ1) is 14.8. The Bertz CT molecular complexity index is 456. The topological polar surface area (TPSA) is 73.6 Å². The molecule has 0 bridgehead atoms. The highest BCUT2D eigenvalue weighted by Gasteiger charge is 2.19. The van der Waals surface area contributed by atoms with Crippen molar-refractivity contribution in [3.05, 3.63) is 23.8 Å². The van der Waals surface area contributed by atoms with Gasteiger partial charge in [0.25, 0.3) is 0 Å². The predicted molar refractivity (Wildman–Crippen MR) is 77.7 cm³/mol. The second-order valence-corrected chi connectivity index (χ2v) is 4.85. The fourth-order valence-electron chi connectivity index (χ4n) is 2.34. The molecule has 1 aliphatic heterocycles. The van der Waals surface area contributed by atoms with Gasteiger partial charge in [-0.2, -0.15) is 0 Å². The molecule has 1 heterocycles. The normalized spacial score (nSPS) is 18.0. The number of hydrogen-bond donors (Lipinski definition) is 2. The zero-order valence-electron chi connectivity index (χ0n) is 11.9. The Labute approximate surface area is 119 Å². The lowest BCUT2D eigenvalue weighted by molar-refractivity contribution is -0.118. The van der Waals surface area contributed by atoms with Gasteiger partial charge in [0, 0.05) is 24.4 Å². The fourth-order valence-corrected chi connectivity index (χ4v) is 2.34. The van der Waals surface area contributed by atoms with Crippen molar-refractivity contribution in [2.75, 3.05) is 18.5 Å². The molecule has 110 valence electrons. The number of nitrogens with one attached hydrogen (secondary N) is 1. The number of benzene rings is 1. The maximum absolute atomic E-state index is 11.9. The van der Waals surface area contributed by atoms with Gasteiger partial charge >= 0.3 is 0 Å². The molecule has 1 unspecified atom stereocenters. The molecule has 0 saturated carbocycles. The minimum Gasteiger partial charge on any atom is -0.494 e. The Kier molecular flexibility index (Phi) is 5.38. The molecule has 1 saturated heterocycles. The van der Waals surface area contributed by atoms with Gasteiger partial charge in [-0.05, 0) is 38.0 Å². The standard InChI is InChI=1S/C15H22N2O3/c1-2-19-14-6-5-12(8-11(14)10-16)17-15(18)9-13-4-3-7-20-13/h5-6,8,13H,2-4,7,9-10,16H2,1H3,(H,17,18). The van der Waals surface area contributed by atoms with Crippen molar-refractivity contribution in [1.82, 2.24) is 0 Å². The zero-order valence-corrected chi connectivity index (χ0v) is 11.9. The molecule has 0 aromatic heterocycles. The molecule has 1 fully saturated rings. The average Bonchev–Trinajstić information content (AvgIpc) is 2.93. The molecule has 3 N–H and O–H groups in total. The highest BCUT2D eigenvalue weighted by atomic mass is 16.5. The number of hydrogen-bond acceptors (Lipinski definition) is 4. The lowest BCUT2D eigenvalue weighted by Crippen LogP contribution is -2.19. The van der Waals surface area contributed by atoms with E-state index in [0.29, 0.717) is 19.6 Å². The minimum absolute atomic E-state index is 0.0240. The van der Waals surface area contributed by atoms with Crippen LogP contribution in [-0.4, -0.2) is 25.2 Å². The molecule has 1 aromatic carbocycles. The van der Waals surface area contributed by atoms with Gasteiger partial charge in [-0.3, -0.25) is 4.79 Å². The van der Waals surface area contributed by atoms with E-state index in [1.54, 1.807) is 0 Å². The van der Waals surface area contributed by atoms with Crippen LogP contribution in [0.4, 0.5) is 5.69 Å². The first-order valence-corrected chi connectivity index (χ1v) is 7.10. The summed E-state index contributed by atoms with van der Waals surface area (Å²) in [6.45, 7) is 3.67.